The average molecular weight is 320 g/mol. The van der Waals surface area contributed by atoms with Gasteiger partial charge in [0.05, 0.1) is 10.8 Å². The quantitative estimate of drug-likeness (QED) is 0.508. The molecule has 0 aromatic carbocycles. The number of aldehydes is 4. The van der Waals surface area contributed by atoms with Crippen molar-refractivity contribution < 1.29 is 19.2 Å². The summed E-state index contributed by atoms with van der Waals surface area (Å²) in [5.74, 6) is 1.27. The second kappa shape index (κ2) is 7.98. The zero-order valence-electron chi connectivity index (χ0n) is 13.9. The van der Waals surface area contributed by atoms with Gasteiger partial charge in [-0.1, -0.05) is 19.3 Å². The Morgan fingerprint density at radius 2 is 0.913 bits per heavy atom. The fourth-order valence-corrected chi connectivity index (χ4v) is 4.23. The van der Waals surface area contributed by atoms with Gasteiger partial charge in [0.15, 0.2) is 0 Å². The number of carbonyl (C=O) groups is 4. The van der Waals surface area contributed by atoms with Gasteiger partial charge in [0.2, 0.25) is 0 Å². The summed E-state index contributed by atoms with van der Waals surface area (Å²) in [6, 6.07) is 0. The molecule has 0 saturated heterocycles. The summed E-state index contributed by atoms with van der Waals surface area (Å²) in [6.45, 7) is 0. The molecule has 0 unspecified atom stereocenters. The SMILES string of the molecule is O=CC1(C=O)CCC(CCCC2CCC(C=O)(C=O)CC2)CC1. The second-order valence-corrected chi connectivity index (χ2v) is 7.76. The maximum absolute atomic E-state index is 11.1. The molecule has 0 radical (unpaired) electrons. The standard InChI is InChI=1S/C19H28O4/c20-12-18(13-21)8-4-16(5-9-18)2-1-3-17-6-10-19(14-22,15-23)11-7-17/h12-17H,1-11H2. The molecule has 0 spiro atoms. The van der Waals surface area contributed by atoms with Crippen LogP contribution in [0.15, 0.2) is 0 Å². The molecule has 0 bridgehead atoms. The summed E-state index contributed by atoms with van der Waals surface area (Å²) in [4.78, 5) is 44.2. The Labute approximate surface area is 138 Å². The molecular formula is C19H28O4. The maximum Gasteiger partial charge on any atom is 0.133 e. The van der Waals surface area contributed by atoms with Crippen LogP contribution in [0.5, 0.6) is 0 Å². The lowest BCUT2D eigenvalue weighted by Crippen LogP contribution is -2.31. The van der Waals surface area contributed by atoms with E-state index in [2.05, 4.69) is 0 Å². The van der Waals surface area contributed by atoms with Gasteiger partial charge in [-0.05, 0) is 63.2 Å². The molecule has 4 heteroatoms. The Kier molecular flexibility index (Phi) is 6.25. The van der Waals surface area contributed by atoms with Gasteiger partial charge in [0, 0.05) is 0 Å². The Balaban J connectivity index is 1.65. The third-order valence-corrected chi connectivity index (χ3v) is 6.24. The van der Waals surface area contributed by atoms with Crippen molar-refractivity contribution in [2.75, 3.05) is 0 Å². The van der Waals surface area contributed by atoms with Crippen LogP contribution in [0.1, 0.15) is 70.6 Å². The summed E-state index contributed by atoms with van der Waals surface area (Å²) < 4.78 is 0. The minimum Gasteiger partial charge on any atom is -0.302 e. The van der Waals surface area contributed by atoms with Crippen molar-refractivity contribution in [1.82, 2.24) is 0 Å². The molecule has 2 saturated carbocycles. The Bertz CT molecular complexity index is 367. The molecule has 2 fully saturated rings. The van der Waals surface area contributed by atoms with E-state index in [4.69, 9.17) is 0 Å². The van der Waals surface area contributed by atoms with E-state index >= 15 is 0 Å². The molecule has 0 heterocycles. The molecule has 0 atom stereocenters. The molecule has 0 amide bonds. The van der Waals surface area contributed by atoms with E-state index in [0.717, 1.165) is 63.7 Å². The second-order valence-electron chi connectivity index (χ2n) is 7.76. The van der Waals surface area contributed by atoms with E-state index in [1.807, 2.05) is 0 Å². The van der Waals surface area contributed by atoms with Crippen molar-refractivity contribution >= 4 is 25.1 Å². The number of hydrogen-bond donors (Lipinski definition) is 0. The van der Waals surface area contributed by atoms with Crippen molar-refractivity contribution in [3.05, 3.63) is 0 Å². The molecule has 0 aliphatic heterocycles. The maximum atomic E-state index is 11.1. The molecule has 0 aromatic heterocycles. The van der Waals surface area contributed by atoms with Gasteiger partial charge < -0.3 is 19.2 Å². The first-order chi connectivity index (χ1) is 11.1. The third-order valence-electron chi connectivity index (χ3n) is 6.24. The monoisotopic (exact) mass is 320 g/mol. The molecule has 23 heavy (non-hydrogen) atoms. The summed E-state index contributed by atoms with van der Waals surface area (Å²) in [7, 11) is 0. The van der Waals surface area contributed by atoms with Crippen molar-refractivity contribution in [1.29, 1.82) is 0 Å². The van der Waals surface area contributed by atoms with E-state index in [0.29, 0.717) is 37.5 Å². The predicted octanol–water partition coefficient (Wildman–Crippen LogP) is 3.31. The predicted molar refractivity (Wildman–Crippen MR) is 86.9 cm³/mol. The first-order valence-electron chi connectivity index (χ1n) is 8.96. The van der Waals surface area contributed by atoms with Crippen molar-refractivity contribution in [3.63, 3.8) is 0 Å². The molecule has 2 aliphatic carbocycles. The molecule has 2 aliphatic rings. The van der Waals surface area contributed by atoms with Gasteiger partial charge in [0.25, 0.3) is 0 Å². The van der Waals surface area contributed by atoms with Crippen LogP contribution in [0.25, 0.3) is 0 Å². The molecule has 0 aromatic rings. The summed E-state index contributed by atoms with van der Waals surface area (Å²) >= 11 is 0. The van der Waals surface area contributed by atoms with Crippen LogP contribution in [-0.2, 0) is 19.2 Å². The molecule has 128 valence electrons. The zero-order chi connectivity index (χ0) is 16.8. The summed E-state index contributed by atoms with van der Waals surface area (Å²) in [5.41, 5.74) is -1.40. The Hall–Kier alpha value is -1.32. The highest BCUT2D eigenvalue weighted by Crippen LogP contribution is 2.40. The van der Waals surface area contributed by atoms with E-state index in [9.17, 15) is 19.2 Å². The lowest BCUT2D eigenvalue weighted by atomic mass is 9.69. The van der Waals surface area contributed by atoms with Gasteiger partial charge in [-0.2, -0.15) is 0 Å². The fourth-order valence-electron chi connectivity index (χ4n) is 4.23. The van der Waals surface area contributed by atoms with Crippen LogP contribution in [0.4, 0.5) is 0 Å². The van der Waals surface area contributed by atoms with Gasteiger partial charge >= 0.3 is 0 Å². The Morgan fingerprint density at radius 1 is 0.609 bits per heavy atom. The Morgan fingerprint density at radius 3 is 1.17 bits per heavy atom. The topological polar surface area (TPSA) is 68.3 Å². The van der Waals surface area contributed by atoms with Crippen LogP contribution in [-0.4, -0.2) is 25.1 Å². The van der Waals surface area contributed by atoms with Crippen LogP contribution < -0.4 is 0 Å². The van der Waals surface area contributed by atoms with Gasteiger partial charge in [-0.25, -0.2) is 0 Å². The number of rotatable bonds is 8. The van der Waals surface area contributed by atoms with E-state index in [1.165, 1.54) is 6.42 Å². The smallest absolute Gasteiger partial charge is 0.133 e. The third kappa shape index (κ3) is 4.36. The number of carbonyl (C=O) groups excluding carboxylic acids is 4. The normalized spacial score (nSPS) is 24.7. The van der Waals surface area contributed by atoms with E-state index in [1.54, 1.807) is 0 Å². The minimum absolute atomic E-state index is 0.635. The molecule has 0 N–H and O–H groups in total. The van der Waals surface area contributed by atoms with Crippen LogP contribution >= 0.6 is 0 Å². The van der Waals surface area contributed by atoms with Crippen molar-refractivity contribution in [3.8, 4) is 0 Å². The minimum atomic E-state index is -0.702. The lowest BCUT2D eigenvalue weighted by molar-refractivity contribution is -0.130. The van der Waals surface area contributed by atoms with Crippen LogP contribution in [0.2, 0.25) is 0 Å². The fraction of sp³-hybridized carbons (Fsp3) is 0.789. The summed E-state index contributed by atoms with van der Waals surface area (Å²) in [5, 5.41) is 0. The largest absolute Gasteiger partial charge is 0.302 e. The number of hydrogen-bond acceptors (Lipinski definition) is 4. The van der Waals surface area contributed by atoms with Crippen molar-refractivity contribution in [2.45, 2.75) is 70.6 Å². The first-order valence-corrected chi connectivity index (χ1v) is 8.96. The molecular weight excluding hydrogens is 292 g/mol. The first kappa shape index (κ1) is 18.0. The van der Waals surface area contributed by atoms with Gasteiger partial charge in [0.1, 0.15) is 25.1 Å². The zero-order valence-corrected chi connectivity index (χ0v) is 13.9. The summed E-state index contributed by atoms with van der Waals surface area (Å²) in [6.07, 6.45) is 13.6. The average Bonchev–Trinajstić information content (AvgIpc) is 2.63. The highest BCUT2D eigenvalue weighted by atomic mass is 16.1. The van der Waals surface area contributed by atoms with Gasteiger partial charge in [-0.3, -0.25) is 0 Å². The van der Waals surface area contributed by atoms with Gasteiger partial charge in [-0.15, -0.1) is 0 Å². The molecule has 4 nitrogen and oxygen atoms in total. The molecule has 2 rings (SSSR count). The van der Waals surface area contributed by atoms with E-state index in [-0.39, 0.29) is 0 Å². The van der Waals surface area contributed by atoms with Crippen LogP contribution in [0, 0.1) is 22.7 Å². The highest BCUT2D eigenvalue weighted by Gasteiger charge is 2.36. The van der Waals surface area contributed by atoms with E-state index < -0.39 is 10.8 Å². The highest BCUT2D eigenvalue weighted by molar-refractivity contribution is 5.84. The lowest BCUT2D eigenvalue weighted by Gasteiger charge is -2.33. The van der Waals surface area contributed by atoms with Crippen molar-refractivity contribution in [2.24, 2.45) is 22.7 Å². The van der Waals surface area contributed by atoms with Crippen LogP contribution in [0.3, 0.4) is 0 Å².